The maximum absolute atomic E-state index is 13.0. The van der Waals surface area contributed by atoms with E-state index in [4.69, 9.17) is 4.74 Å². The van der Waals surface area contributed by atoms with E-state index >= 15 is 0 Å². The molecule has 6 nitrogen and oxygen atoms in total. The van der Waals surface area contributed by atoms with Gasteiger partial charge in [-0.05, 0) is 60.7 Å². The van der Waals surface area contributed by atoms with Gasteiger partial charge in [0.2, 0.25) is 0 Å². The fourth-order valence-corrected chi connectivity index (χ4v) is 3.45. The molecule has 0 radical (unpaired) electrons. The molecule has 4 aromatic rings. The van der Waals surface area contributed by atoms with Crippen LogP contribution in [0.2, 0.25) is 0 Å². The summed E-state index contributed by atoms with van der Waals surface area (Å²) in [5.74, 6) is 1.74. The lowest BCUT2D eigenvalue weighted by Gasteiger charge is -2.21. The molecular formula is C24H24N4O2. The highest BCUT2D eigenvalue weighted by Gasteiger charge is 2.15. The third-order valence-electron chi connectivity index (χ3n) is 5.15. The van der Waals surface area contributed by atoms with Crippen LogP contribution < -0.4 is 9.64 Å². The number of carbonyl (C=O) groups is 1. The highest BCUT2D eigenvalue weighted by Crippen LogP contribution is 2.28. The zero-order valence-electron chi connectivity index (χ0n) is 17.3. The van der Waals surface area contributed by atoms with Crippen LogP contribution in [-0.2, 0) is 6.54 Å². The number of hydrogen-bond acceptors (Lipinski definition) is 4. The van der Waals surface area contributed by atoms with Gasteiger partial charge >= 0.3 is 0 Å². The lowest BCUT2D eigenvalue weighted by atomic mass is 10.2. The van der Waals surface area contributed by atoms with Crippen LogP contribution in [0.4, 0.5) is 11.5 Å². The van der Waals surface area contributed by atoms with Crippen LogP contribution in [0, 0.1) is 0 Å². The zero-order chi connectivity index (χ0) is 21.1. The van der Waals surface area contributed by atoms with Crippen LogP contribution in [0.1, 0.15) is 16.1 Å². The normalized spacial score (nSPS) is 10.8. The average molecular weight is 400 g/mol. The number of anilines is 2. The van der Waals surface area contributed by atoms with Crippen molar-refractivity contribution >= 4 is 22.9 Å². The number of carbonyl (C=O) groups excluding carboxylic acids is 1. The van der Waals surface area contributed by atoms with E-state index < -0.39 is 0 Å². The quantitative estimate of drug-likeness (QED) is 0.482. The minimum atomic E-state index is -0.0469. The molecule has 0 spiro atoms. The van der Waals surface area contributed by atoms with Gasteiger partial charge in [-0.3, -0.25) is 9.78 Å². The van der Waals surface area contributed by atoms with Crippen LogP contribution in [-0.4, -0.2) is 41.4 Å². The predicted octanol–water partition coefficient (Wildman–Crippen LogP) is 4.38. The molecule has 3 heterocycles. The number of aromatic nitrogens is 2. The first kappa shape index (κ1) is 19.5. The van der Waals surface area contributed by atoms with Gasteiger partial charge in [-0.25, -0.2) is 0 Å². The molecule has 0 saturated carbocycles. The summed E-state index contributed by atoms with van der Waals surface area (Å²) in [6, 6.07) is 21.5. The van der Waals surface area contributed by atoms with E-state index in [9.17, 15) is 4.79 Å². The monoisotopic (exact) mass is 400 g/mol. The number of methoxy groups -OCH3 is 1. The lowest BCUT2D eigenvalue weighted by Crippen LogP contribution is -2.26. The predicted molar refractivity (Wildman–Crippen MR) is 118 cm³/mol. The highest BCUT2D eigenvalue weighted by molar-refractivity contribution is 5.94. The number of benzene rings is 1. The molecule has 0 bridgehead atoms. The molecule has 0 unspecified atom stereocenters. The summed E-state index contributed by atoms with van der Waals surface area (Å²) in [5.41, 5.74) is 3.53. The summed E-state index contributed by atoms with van der Waals surface area (Å²) in [7, 11) is 5.45. The van der Waals surface area contributed by atoms with Gasteiger partial charge in [0.1, 0.15) is 11.6 Å². The molecule has 0 aliphatic carbocycles. The van der Waals surface area contributed by atoms with Crippen molar-refractivity contribution in [3.8, 4) is 5.75 Å². The minimum Gasteiger partial charge on any atom is -0.497 e. The molecular weight excluding hydrogens is 376 g/mol. The Kier molecular flexibility index (Phi) is 5.39. The molecule has 0 aliphatic rings. The molecule has 0 aliphatic heterocycles. The number of nitrogens with zero attached hydrogens (tertiary/aromatic N) is 4. The fourth-order valence-electron chi connectivity index (χ4n) is 3.45. The summed E-state index contributed by atoms with van der Waals surface area (Å²) in [5, 5.41) is 0. The second-order valence-corrected chi connectivity index (χ2v) is 7.14. The van der Waals surface area contributed by atoms with E-state index in [0.29, 0.717) is 12.1 Å². The Morgan fingerprint density at radius 2 is 1.77 bits per heavy atom. The third-order valence-corrected chi connectivity index (χ3v) is 5.15. The number of fused-ring (bicyclic) bond motifs is 1. The Labute approximate surface area is 176 Å². The van der Waals surface area contributed by atoms with Crippen LogP contribution in [0.25, 0.3) is 5.52 Å². The fraction of sp³-hybridized carbons (Fsp3) is 0.167. The average Bonchev–Trinajstić information content (AvgIpc) is 3.22. The van der Waals surface area contributed by atoms with Gasteiger partial charge < -0.3 is 18.9 Å². The van der Waals surface area contributed by atoms with Crippen molar-refractivity contribution in [3.63, 3.8) is 0 Å². The van der Waals surface area contributed by atoms with Gasteiger partial charge in [0, 0.05) is 37.7 Å². The Morgan fingerprint density at radius 3 is 2.47 bits per heavy atom. The first-order valence-corrected chi connectivity index (χ1v) is 9.71. The van der Waals surface area contributed by atoms with E-state index in [1.807, 2.05) is 84.4 Å². The van der Waals surface area contributed by atoms with Gasteiger partial charge in [-0.1, -0.05) is 6.07 Å². The van der Waals surface area contributed by atoms with Crippen molar-refractivity contribution in [3.05, 3.63) is 90.4 Å². The Morgan fingerprint density at radius 1 is 1.00 bits per heavy atom. The number of hydrogen-bond donors (Lipinski definition) is 0. The molecule has 4 rings (SSSR count). The Balaban J connectivity index is 1.61. The first-order valence-electron chi connectivity index (χ1n) is 9.71. The van der Waals surface area contributed by atoms with E-state index in [1.165, 1.54) is 0 Å². The van der Waals surface area contributed by atoms with Crippen LogP contribution in [0.15, 0.2) is 79.1 Å². The van der Waals surface area contributed by atoms with Crippen LogP contribution in [0.5, 0.6) is 5.75 Å². The van der Waals surface area contributed by atoms with Crippen LogP contribution in [0.3, 0.4) is 0 Å². The molecule has 6 heteroatoms. The number of amides is 1. The molecule has 152 valence electrons. The molecule has 30 heavy (non-hydrogen) atoms. The molecule has 0 atom stereocenters. The van der Waals surface area contributed by atoms with Crippen molar-refractivity contribution in [1.29, 1.82) is 0 Å². The van der Waals surface area contributed by atoms with Gasteiger partial charge in [0.25, 0.3) is 5.91 Å². The first-order chi connectivity index (χ1) is 14.6. The van der Waals surface area contributed by atoms with Gasteiger partial charge in [0.15, 0.2) is 0 Å². The van der Waals surface area contributed by atoms with E-state index in [2.05, 4.69) is 9.88 Å². The van der Waals surface area contributed by atoms with Gasteiger partial charge in [0.05, 0.1) is 24.9 Å². The number of ether oxygens (including phenoxy) is 1. The third kappa shape index (κ3) is 3.85. The summed E-state index contributed by atoms with van der Waals surface area (Å²) < 4.78 is 7.28. The Hall–Kier alpha value is -3.80. The van der Waals surface area contributed by atoms with E-state index in [0.717, 1.165) is 28.5 Å². The summed E-state index contributed by atoms with van der Waals surface area (Å²) in [4.78, 5) is 21.1. The molecule has 1 aromatic carbocycles. The molecule has 3 aromatic heterocycles. The lowest BCUT2D eigenvalue weighted by molar-refractivity contribution is 0.0783. The molecule has 0 N–H and O–H groups in total. The standard InChI is InChI=1S/C24H24N4O2/c1-26(17-19-6-4-5-15-25-19)24(29)18-7-8-21-11-14-23(28(21)16-18)27(2)20-9-12-22(30-3)13-10-20/h4-16H,17H2,1-3H3. The second kappa shape index (κ2) is 8.29. The van der Waals surface area contributed by atoms with Gasteiger partial charge in [-0.2, -0.15) is 0 Å². The van der Waals surface area contributed by atoms with Gasteiger partial charge in [-0.15, -0.1) is 0 Å². The van der Waals surface area contributed by atoms with Crippen molar-refractivity contribution in [2.75, 3.05) is 26.1 Å². The highest BCUT2D eigenvalue weighted by atomic mass is 16.5. The summed E-state index contributed by atoms with van der Waals surface area (Å²) in [6.45, 7) is 0.460. The van der Waals surface area contributed by atoms with Crippen molar-refractivity contribution < 1.29 is 9.53 Å². The largest absolute Gasteiger partial charge is 0.497 e. The molecule has 0 fully saturated rings. The van der Waals surface area contributed by atoms with Crippen LogP contribution >= 0.6 is 0 Å². The maximum Gasteiger partial charge on any atom is 0.255 e. The van der Waals surface area contributed by atoms with E-state index in [1.54, 1.807) is 25.3 Å². The van der Waals surface area contributed by atoms with Crippen molar-refractivity contribution in [2.45, 2.75) is 6.54 Å². The number of rotatable bonds is 6. The minimum absolute atomic E-state index is 0.0469. The van der Waals surface area contributed by atoms with E-state index in [-0.39, 0.29) is 5.91 Å². The van der Waals surface area contributed by atoms with Crippen molar-refractivity contribution in [1.82, 2.24) is 14.3 Å². The zero-order valence-corrected chi connectivity index (χ0v) is 17.3. The molecule has 1 amide bonds. The molecule has 0 saturated heterocycles. The topological polar surface area (TPSA) is 50.1 Å². The smallest absolute Gasteiger partial charge is 0.255 e. The summed E-state index contributed by atoms with van der Waals surface area (Å²) >= 11 is 0. The van der Waals surface area contributed by atoms with Crippen molar-refractivity contribution in [2.24, 2.45) is 0 Å². The SMILES string of the molecule is COc1ccc(N(C)c2ccc3ccc(C(=O)N(C)Cc4ccccn4)cn23)cc1. The maximum atomic E-state index is 13.0. The summed E-state index contributed by atoms with van der Waals surface area (Å²) in [6.07, 6.45) is 3.63. The number of pyridine rings is 2. The Bertz CT molecular complexity index is 1150. The second-order valence-electron chi connectivity index (χ2n) is 7.14.